The number of aromatic hydroxyl groups is 1. The fraction of sp³-hybridized carbons (Fsp3) is 0.154. The van der Waals surface area contributed by atoms with Crippen LogP contribution < -0.4 is 4.74 Å². The van der Waals surface area contributed by atoms with Crippen molar-refractivity contribution in [3.8, 4) is 33.9 Å². The van der Waals surface area contributed by atoms with Crippen LogP contribution in [-0.2, 0) is 0 Å². The number of hydrogen-bond donors (Lipinski definition) is 1. The van der Waals surface area contributed by atoms with Crippen LogP contribution in [0.15, 0.2) is 55.1 Å². The summed E-state index contributed by atoms with van der Waals surface area (Å²) in [6.07, 6.45) is 5.38. The number of carbonyl (C=O) groups excluding carboxylic acids is 1. The molecule has 0 aliphatic rings. The predicted octanol–water partition coefficient (Wildman–Crippen LogP) is 6.32. The number of rotatable bonds is 6. The van der Waals surface area contributed by atoms with Crippen LogP contribution in [0.3, 0.4) is 0 Å². The molecule has 0 saturated carbocycles. The zero-order chi connectivity index (χ0) is 21.8. The van der Waals surface area contributed by atoms with Gasteiger partial charge in [0, 0.05) is 11.1 Å². The number of phenolic OH excluding ortho intramolecular Hbond substituents is 1. The Morgan fingerprint density at radius 3 is 2.33 bits per heavy atom. The Labute approximate surface area is 177 Å². The molecule has 1 aromatic heterocycles. The van der Waals surface area contributed by atoms with E-state index in [4.69, 9.17) is 9.72 Å². The second-order valence-corrected chi connectivity index (χ2v) is 7.00. The number of ether oxygens (including phenoxy) is 1. The van der Waals surface area contributed by atoms with Crippen LogP contribution in [0.25, 0.3) is 34.5 Å². The molecule has 152 valence electrons. The largest absolute Gasteiger partial charge is 0.508 e. The summed E-state index contributed by atoms with van der Waals surface area (Å²) in [5, 5.41) is 9.66. The molecule has 3 rings (SSSR count). The zero-order valence-corrected chi connectivity index (χ0v) is 17.7. The van der Waals surface area contributed by atoms with Crippen LogP contribution in [0.5, 0.6) is 11.5 Å². The summed E-state index contributed by atoms with van der Waals surface area (Å²) < 4.78 is 5.63. The van der Waals surface area contributed by atoms with Crippen LogP contribution in [0.4, 0.5) is 0 Å². The van der Waals surface area contributed by atoms with Gasteiger partial charge in [-0.1, -0.05) is 49.1 Å². The third-order valence-corrected chi connectivity index (χ3v) is 4.98. The number of aromatic nitrogens is 1. The first kappa shape index (κ1) is 21.1. The highest BCUT2D eigenvalue weighted by molar-refractivity contribution is 6.03. The zero-order valence-electron chi connectivity index (χ0n) is 17.7. The summed E-state index contributed by atoms with van der Waals surface area (Å²) in [6, 6.07) is 13.2. The molecule has 0 aliphatic carbocycles. The maximum Gasteiger partial charge on any atom is 0.164 e. The Bertz CT molecular complexity index is 1140. The summed E-state index contributed by atoms with van der Waals surface area (Å²) in [5.74, 6) is 0.587. The van der Waals surface area contributed by atoms with E-state index in [0.717, 1.165) is 22.3 Å². The van der Waals surface area contributed by atoms with Crippen molar-refractivity contribution in [3.05, 3.63) is 77.5 Å². The molecule has 0 saturated heterocycles. The molecule has 0 spiro atoms. The van der Waals surface area contributed by atoms with Crippen molar-refractivity contribution in [1.29, 1.82) is 0 Å². The van der Waals surface area contributed by atoms with Gasteiger partial charge >= 0.3 is 0 Å². The third kappa shape index (κ3) is 3.90. The molecule has 0 fully saturated rings. The highest BCUT2D eigenvalue weighted by Crippen LogP contribution is 2.37. The fourth-order valence-electron chi connectivity index (χ4n) is 3.62. The van der Waals surface area contributed by atoms with Crippen LogP contribution in [0, 0.1) is 6.92 Å². The molecule has 1 heterocycles. The molecule has 0 radical (unpaired) electrons. The van der Waals surface area contributed by atoms with Gasteiger partial charge < -0.3 is 9.84 Å². The molecule has 3 aromatic rings. The normalized spacial score (nSPS) is 10.9. The minimum Gasteiger partial charge on any atom is -0.508 e. The number of phenols is 1. The lowest BCUT2D eigenvalue weighted by Crippen LogP contribution is -2.07. The average Bonchev–Trinajstić information content (AvgIpc) is 2.73. The van der Waals surface area contributed by atoms with Gasteiger partial charge in [0.05, 0.1) is 18.4 Å². The van der Waals surface area contributed by atoms with Crippen LogP contribution >= 0.6 is 0 Å². The van der Waals surface area contributed by atoms with E-state index in [1.165, 1.54) is 6.92 Å². The molecular weight excluding hydrogens is 374 g/mol. The first-order chi connectivity index (χ1) is 14.4. The Kier molecular flexibility index (Phi) is 6.17. The second kappa shape index (κ2) is 8.78. The number of Topliss-reactive ketones (excluding diaryl/α,β-unsaturated/α-hetero) is 1. The number of pyridine rings is 1. The first-order valence-corrected chi connectivity index (χ1v) is 9.69. The lowest BCUT2D eigenvalue weighted by Gasteiger charge is -2.17. The standard InChI is InChI=1S/C26H25NO3/c1-6-8-23-21(7-2)24(17(4)28)26(30-5)25(27-23)19-11-9-18(10-12-19)22-14-13-20(29)15-16(22)3/h6-15,29H,2H2,1,3-5H3/b8-6-. The van der Waals surface area contributed by atoms with Gasteiger partial charge in [-0.3, -0.25) is 4.79 Å². The van der Waals surface area contributed by atoms with Crippen molar-refractivity contribution in [3.63, 3.8) is 0 Å². The summed E-state index contributed by atoms with van der Waals surface area (Å²) in [7, 11) is 1.54. The van der Waals surface area contributed by atoms with Gasteiger partial charge in [-0.2, -0.15) is 0 Å². The van der Waals surface area contributed by atoms with Gasteiger partial charge in [-0.15, -0.1) is 0 Å². The Morgan fingerprint density at radius 1 is 1.13 bits per heavy atom. The summed E-state index contributed by atoms with van der Waals surface area (Å²) >= 11 is 0. The van der Waals surface area contributed by atoms with Crippen molar-refractivity contribution in [2.75, 3.05) is 7.11 Å². The first-order valence-electron chi connectivity index (χ1n) is 9.69. The number of carbonyl (C=O) groups is 1. The highest BCUT2D eigenvalue weighted by Gasteiger charge is 2.22. The van der Waals surface area contributed by atoms with Crippen molar-refractivity contribution in [1.82, 2.24) is 4.98 Å². The monoisotopic (exact) mass is 399 g/mol. The predicted molar refractivity (Wildman–Crippen MR) is 123 cm³/mol. The molecule has 4 nitrogen and oxygen atoms in total. The Balaban J connectivity index is 2.19. The molecule has 4 heteroatoms. The minimum atomic E-state index is -0.104. The van der Waals surface area contributed by atoms with Crippen LogP contribution in [0.2, 0.25) is 0 Å². The topological polar surface area (TPSA) is 59.4 Å². The molecule has 2 aromatic carbocycles. The molecule has 0 aliphatic heterocycles. The lowest BCUT2D eigenvalue weighted by atomic mass is 9.95. The minimum absolute atomic E-state index is 0.104. The second-order valence-electron chi connectivity index (χ2n) is 7.00. The van der Waals surface area contributed by atoms with Crippen molar-refractivity contribution < 1.29 is 14.6 Å². The Hall–Kier alpha value is -3.66. The molecule has 0 atom stereocenters. The maximum absolute atomic E-state index is 12.4. The average molecular weight is 399 g/mol. The van der Waals surface area contributed by atoms with Gasteiger partial charge in [0.1, 0.15) is 11.4 Å². The van der Waals surface area contributed by atoms with E-state index >= 15 is 0 Å². The van der Waals surface area contributed by atoms with Gasteiger partial charge in [0.2, 0.25) is 0 Å². The molecule has 30 heavy (non-hydrogen) atoms. The van der Waals surface area contributed by atoms with Gasteiger partial charge in [-0.05, 0) is 55.7 Å². The van der Waals surface area contributed by atoms with E-state index in [2.05, 4.69) is 6.58 Å². The number of aryl methyl sites for hydroxylation is 1. The van der Waals surface area contributed by atoms with Crippen molar-refractivity contribution >= 4 is 17.9 Å². The van der Waals surface area contributed by atoms with E-state index in [-0.39, 0.29) is 11.5 Å². The molecule has 0 bridgehead atoms. The molecular formula is C26H25NO3. The molecule has 0 amide bonds. The van der Waals surface area contributed by atoms with E-state index in [1.807, 2.05) is 56.3 Å². The van der Waals surface area contributed by atoms with Crippen LogP contribution in [0.1, 0.15) is 41.0 Å². The third-order valence-electron chi connectivity index (χ3n) is 4.98. The molecule has 0 unspecified atom stereocenters. The van der Waals surface area contributed by atoms with Gasteiger partial charge in [-0.25, -0.2) is 4.98 Å². The SMILES string of the molecule is C=Cc1c(/C=C\C)nc(-c2ccc(-c3ccc(O)cc3C)cc2)c(OC)c1C(C)=O. The summed E-state index contributed by atoms with van der Waals surface area (Å²) in [4.78, 5) is 17.2. The maximum atomic E-state index is 12.4. The summed E-state index contributed by atoms with van der Waals surface area (Å²) in [5.41, 5.74) is 6.32. The van der Waals surface area contributed by atoms with Crippen LogP contribution in [-0.4, -0.2) is 23.0 Å². The molecule has 1 N–H and O–H groups in total. The van der Waals surface area contributed by atoms with Gasteiger partial charge in [0.15, 0.2) is 11.5 Å². The summed E-state index contributed by atoms with van der Waals surface area (Å²) in [6.45, 7) is 9.24. The quantitative estimate of drug-likeness (QED) is 0.493. The number of allylic oxidation sites excluding steroid dienone is 1. The number of benzene rings is 2. The number of methoxy groups -OCH3 is 1. The number of nitrogens with zero attached hydrogens (tertiary/aromatic N) is 1. The van der Waals surface area contributed by atoms with E-state index in [1.54, 1.807) is 25.3 Å². The Morgan fingerprint density at radius 2 is 1.80 bits per heavy atom. The smallest absolute Gasteiger partial charge is 0.164 e. The van der Waals surface area contributed by atoms with Gasteiger partial charge in [0.25, 0.3) is 0 Å². The number of hydrogen-bond acceptors (Lipinski definition) is 4. The van der Waals surface area contributed by atoms with E-state index < -0.39 is 0 Å². The highest BCUT2D eigenvalue weighted by atomic mass is 16.5. The van der Waals surface area contributed by atoms with Crippen molar-refractivity contribution in [2.24, 2.45) is 0 Å². The fourth-order valence-corrected chi connectivity index (χ4v) is 3.62. The number of ketones is 1. The van der Waals surface area contributed by atoms with Crippen molar-refractivity contribution in [2.45, 2.75) is 20.8 Å². The lowest BCUT2D eigenvalue weighted by molar-refractivity contribution is 0.101. The van der Waals surface area contributed by atoms with E-state index in [0.29, 0.717) is 28.3 Å². The van der Waals surface area contributed by atoms with E-state index in [9.17, 15) is 9.90 Å².